The van der Waals surface area contributed by atoms with Gasteiger partial charge in [0, 0.05) is 17.3 Å². The van der Waals surface area contributed by atoms with E-state index in [0.717, 1.165) is 22.2 Å². The van der Waals surface area contributed by atoms with Crippen LogP contribution < -0.4 is 10.5 Å². The molecule has 21 heavy (non-hydrogen) atoms. The predicted molar refractivity (Wildman–Crippen MR) is 82.0 cm³/mol. The molecular formula is C17H13N3O. The maximum absolute atomic E-state index is 8.81. The highest BCUT2D eigenvalue weighted by Gasteiger charge is 2.06. The summed E-state index contributed by atoms with van der Waals surface area (Å²) in [4.78, 5) is 4.30. The van der Waals surface area contributed by atoms with E-state index < -0.39 is 0 Å². The van der Waals surface area contributed by atoms with Crippen LogP contribution in [0.1, 0.15) is 5.56 Å². The maximum Gasteiger partial charge on any atom is 0.136 e. The lowest BCUT2D eigenvalue weighted by Crippen LogP contribution is -1.94. The molecule has 0 aliphatic heterocycles. The van der Waals surface area contributed by atoms with Crippen molar-refractivity contribution in [3.8, 4) is 17.6 Å². The Balaban J connectivity index is 1.99. The zero-order valence-corrected chi connectivity index (χ0v) is 11.3. The third-order valence-electron chi connectivity index (χ3n) is 3.22. The molecule has 0 spiro atoms. The van der Waals surface area contributed by atoms with Crippen LogP contribution in [-0.4, -0.2) is 4.98 Å². The lowest BCUT2D eigenvalue weighted by molar-refractivity contribution is 0.488. The molecule has 1 heterocycles. The van der Waals surface area contributed by atoms with Crippen molar-refractivity contribution in [3.63, 3.8) is 0 Å². The topological polar surface area (TPSA) is 71.9 Å². The zero-order valence-electron chi connectivity index (χ0n) is 11.3. The summed E-state index contributed by atoms with van der Waals surface area (Å²) >= 11 is 0. The van der Waals surface area contributed by atoms with Gasteiger partial charge >= 0.3 is 0 Å². The van der Waals surface area contributed by atoms with Crippen LogP contribution in [0.25, 0.3) is 10.9 Å². The van der Waals surface area contributed by atoms with Gasteiger partial charge in [-0.3, -0.25) is 4.98 Å². The summed E-state index contributed by atoms with van der Waals surface area (Å²) in [6, 6.07) is 17.0. The van der Waals surface area contributed by atoms with Crippen LogP contribution in [0.2, 0.25) is 0 Å². The van der Waals surface area contributed by atoms with E-state index in [4.69, 9.17) is 15.7 Å². The van der Waals surface area contributed by atoms with Crippen LogP contribution in [0, 0.1) is 11.3 Å². The summed E-state index contributed by atoms with van der Waals surface area (Å²) in [5.41, 5.74) is 8.09. The summed E-state index contributed by atoms with van der Waals surface area (Å²) in [6.45, 7) is 0. The Bertz CT molecular complexity index is 832. The number of rotatable bonds is 3. The number of nitrogens with two attached hydrogens (primary N) is 1. The number of nitriles is 1. The van der Waals surface area contributed by atoms with E-state index in [1.54, 1.807) is 24.4 Å². The molecule has 0 amide bonds. The van der Waals surface area contributed by atoms with Crippen LogP contribution in [-0.2, 0) is 6.42 Å². The number of hydrogen-bond donors (Lipinski definition) is 1. The number of anilines is 1. The molecule has 2 N–H and O–H groups in total. The minimum Gasteiger partial charge on any atom is -0.457 e. The van der Waals surface area contributed by atoms with E-state index in [9.17, 15) is 0 Å². The van der Waals surface area contributed by atoms with Crippen molar-refractivity contribution >= 4 is 16.6 Å². The number of nitrogens with zero attached hydrogens (tertiary/aromatic N) is 2. The molecule has 0 unspecified atom stereocenters. The molecule has 0 aliphatic carbocycles. The van der Waals surface area contributed by atoms with E-state index in [-0.39, 0.29) is 6.42 Å². The van der Waals surface area contributed by atoms with Gasteiger partial charge in [-0.1, -0.05) is 6.07 Å². The Morgan fingerprint density at radius 1 is 1.14 bits per heavy atom. The summed E-state index contributed by atoms with van der Waals surface area (Å²) < 4.78 is 5.93. The monoisotopic (exact) mass is 275 g/mol. The predicted octanol–water partition coefficient (Wildman–Crippen LogP) is 3.68. The molecule has 0 saturated heterocycles. The third kappa shape index (κ3) is 2.63. The number of benzene rings is 2. The number of nitrogen functional groups attached to an aromatic ring is 1. The highest BCUT2D eigenvalue weighted by molar-refractivity contribution is 5.85. The van der Waals surface area contributed by atoms with Gasteiger partial charge in [0.2, 0.25) is 0 Å². The average molecular weight is 275 g/mol. The molecule has 4 nitrogen and oxygen atoms in total. The lowest BCUT2D eigenvalue weighted by Gasteiger charge is -2.10. The van der Waals surface area contributed by atoms with E-state index >= 15 is 0 Å². The molecule has 102 valence electrons. The van der Waals surface area contributed by atoms with Gasteiger partial charge in [0.15, 0.2) is 0 Å². The van der Waals surface area contributed by atoms with Gasteiger partial charge in [0.05, 0.1) is 18.0 Å². The zero-order chi connectivity index (χ0) is 14.7. The molecule has 0 saturated carbocycles. The van der Waals surface area contributed by atoms with Crippen molar-refractivity contribution < 1.29 is 4.74 Å². The maximum atomic E-state index is 8.81. The second-order valence-corrected chi connectivity index (χ2v) is 4.62. The second kappa shape index (κ2) is 5.51. The Morgan fingerprint density at radius 2 is 2.05 bits per heavy atom. The summed E-state index contributed by atoms with van der Waals surface area (Å²) in [6.07, 6.45) is 2.01. The van der Waals surface area contributed by atoms with Crippen LogP contribution in [0.3, 0.4) is 0 Å². The first-order chi connectivity index (χ1) is 10.3. The summed E-state index contributed by atoms with van der Waals surface area (Å²) in [5.74, 6) is 1.39. The molecule has 2 aromatic carbocycles. The molecule has 4 heteroatoms. The summed E-state index contributed by atoms with van der Waals surface area (Å²) in [7, 11) is 0. The van der Waals surface area contributed by atoms with Crippen molar-refractivity contribution in [2.75, 3.05) is 5.73 Å². The van der Waals surface area contributed by atoms with Crippen molar-refractivity contribution in [2.45, 2.75) is 6.42 Å². The molecular weight excluding hydrogens is 262 g/mol. The van der Waals surface area contributed by atoms with Crippen LogP contribution in [0.5, 0.6) is 11.5 Å². The minimum absolute atomic E-state index is 0.264. The quantitative estimate of drug-likeness (QED) is 0.740. The minimum atomic E-state index is 0.264. The van der Waals surface area contributed by atoms with Gasteiger partial charge in [-0.15, -0.1) is 0 Å². The number of hydrogen-bond acceptors (Lipinski definition) is 4. The van der Waals surface area contributed by atoms with Gasteiger partial charge in [0.25, 0.3) is 0 Å². The first kappa shape index (κ1) is 12.9. The highest BCUT2D eigenvalue weighted by atomic mass is 16.5. The molecule has 0 fully saturated rings. The first-order valence-electron chi connectivity index (χ1n) is 6.55. The van der Waals surface area contributed by atoms with Crippen molar-refractivity contribution in [2.24, 2.45) is 0 Å². The Kier molecular flexibility index (Phi) is 3.40. The molecule has 0 aliphatic rings. The Hall–Kier alpha value is -3.06. The van der Waals surface area contributed by atoms with E-state index in [2.05, 4.69) is 11.1 Å². The van der Waals surface area contributed by atoms with Gasteiger partial charge in [0.1, 0.15) is 11.5 Å². The Morgan fingerprint density at radius 3 is 2.90 bits per heavy atom. The highest BCUT2D eigenvalue weighted by Crippen LogP contribution is 2.30. The van der Waals surface area contributed by atoms with Crippen LogP contribution in [0.15, 0.2) is 54.7 Å². The number of aromatic nitrogens is 1. The number of ether oxygens (including phenoxy) is 1. The SMILES string of the molecule is N#CCc1cc(Oc2cccc3ncccc23)ccc1N. The van der Waals surface area contributed by atoms with Crippen molar-refractivity contribution in [1.29, 1.82) is 5.26 Å². The normalized spacial score (nSPS) is 10.2. The fraction of sp³-hybridized carbons (Fsp3) is 0.0588. The summed E-state index contributed by atoms with van der Waals surface area (Å²) in [5, 5.41) is 9.75. The first-order valence-corrected chi connectivity index (χ1v) is 6.55. The van der Waals surface area contributed by atoms with Gasteiger partial charge in [-0.25, -0.2) is 0 Å². The van der Waals surface area contributed by atoms with E-state index in [0.29, 0.717) is 11.4 Å². The van der Waals surface area contributed by atoms with Gasteiger partial charge in [-0.05, 0) is 48.0 Å². The molecule has 0 radical (unpaired) electrons. The lowest BCUT2D eigenvalue weighted by atomic mass is 10.1. The fourth-order valence-corrected chi connectivity index (χ4v) is 2.17. The van der Waals surface area contributed by atoms with Crippen molar-refractivity contribution in [3.05, 3.63) is 60.3 Å². The van der Waals surface area contributed by atoms with Gasteiger partial charge < -0.3 is 10.5 Å². The molecule has 0 bridgehead atoms. The molecule has 3 aromatic rings. The molecule has 1 aromatic heterocycles. The van der Waals surface area contributed by atoms with Crippen LogP contribution >= 0.6 is 0 Å². The molecule has 0 atom stereocenters. The van der Waals surface area contributed by atoms with E-state index in [1.165, 1.54) is 0 Å². The smallest absolute Gasteiger partial charge is 0.136 e. The Labute approximate surface area is 122 Å². The van der Waals surface area contributed by atoms with Crippen molar-refractivity contribution in [1.82, 2.24) is 4.98 Å². The largest absolute Gasteiger partial charge is 0.457 e. The van der Waals surface area contributed by atoms with E-state index in [1.807, 2.05) is 30.3 Å². The number of pyridine rings is 1. The third-order valence-corrected chi connectivity index (χ3v) is 3.22. The standard InChI is InChI=1S/C17H13N3O/c18-9-8-12-11-13(6-7-15(12)19)21-17-5-1-4-16-14(17)3-2-10-20-16/h1-7,10-11H,8,19H2. The molecule has 3 rings (SSSR count). The number of fused-ring (bicyclic) bond motifs is 1. The van der Waals surface area contributed by atoms with Crippen LogP contribution in [0.4, 0.5) is 5.69 Å². The fourth-order valence-electron chi connectivity index (χ4n) is 2.17. The van der Waals surface area contributed by atoms with Gasteiger partial charge in [-0.2, -0.15) is 5.26 Å². The second-order valence-electron chi connectivity index (χ2n) is 4.62. The average Bonchev–Trinajstić information content (AvgIpc) is 2.51.